The van der Waals surface area contributed by atoms with Gasteiger partial charge in [-0.15, -0.1) is 0 Å². The summed E-state index contributed by atoms with van der Waals surface area (Å²) in [5.74, 6) is -5.32. The molecule has 0 bridgehead atoms. The van der Waals surface area contributed by atoms with Crippen LogP contribution in [0.5, 0.6) is 0 Å². The van der Waals surface area contributed by atoms with Crippen LogP contribution in [0.15, 0.2) is 29.3 Å². The average Bonchev–Trinajstić information content (AvgIpc) is 2.68. The molecule has 4 rings (SSSR count). The van der Waals surface area contributed by atoms with E-state index >= 15 is 0 Å². The summed E-state index contributed by atoms with van der Waals surface area (Å²) in [7, 11) is 0. The highest BCUT2D eigenvalue weighted by atomic mass is 19.3. The van der Waals surface area contributed by atoms with Crippen LogP contribution < -0.4 is 11.2 Å². The average molecular weight is 441 g/mol. The Hall–Kier alpha value is -2.45. The van der Waals surface area contributed by atoms with Gasteiger partial charge in [-0.05, 0) is 43.1 Å². The van der Waals surface area contributed by atoms with Crippen LogP contribution in [0.25, 0.3) is 10.9 Å². The first-order chi connectivity index (χ1) is 14.5. The lowest BCUT2D eigenvalue weighted by molar-refractivity contribution is -0.0933. The molecule has 0 saturated heterocycles. The van der Waals surface area contributed by atoms with Gasteiger partial charge in [-0.1, -0.05) is 6.92 Å². The van der Waals surface area contributed by atoms with Gasteiger partial charge in [0.1, 0.15) is 5.69 Å². The lowest BCUT2D eigenvalue weighted by Crippen LogP contribution is -2.37. The molecule has 5 nitrogen and oxygen atoms in total. The van der Waals surface area contributed by atoms with E-state index in [0.29, 0.717) is 24.8 Å². The molecule has 0 spiro atoms. The zero-order valence-electron chi connectivity index (χ0n) is 17.3. The van der Waals surface area contributed by atoms with E-state index in [1.54, 1.807) is 6.07 Å². The number of pyridine rings is 2. The second-order valence-electron chi connectivity index (χ2n) is 8.72. The zero-order valence-corrected chi connectivity index (χ0v) is 17.3. The highest BCUT2D eigenvalue weighted by Crippen LogP contribution is 2.48. The molecule has 0 aromatic carbocycles. The van der Waals surface area contributed by atoms with Crippen molar-refractivity contribution in [1.82, 2.24) is 9.97 Å². The van der Waals surface area contributed by atoms with Crippen molar-refractivity contribution in [3.63, 3.8) is 0 Å². The van der Waals surface area contributed by atoms with E-state index in [0.717, 1.165) is 0 Å². The Labute approximate surface area is 177 Å². The van der Waals surface area contributed by atoms with E-state index < -0.39 is 17.8 Å². The minimum absolute atomic E-state index is 0.00403. The Bertz CT molecular complexity index is 977. The number of aromatic nitrogens is 2. The Morgan fingerprint density at radius 3 is 2.35 bits per heavy atom. The quantitative estimate of drug-likeness (QED) is 0.650. The van der Waals surface area contributed by atoms with Crippen molar-refractivity contribution in [1.29, 1.82) is 0 Å². The zero-order chi connectivity index (χ0) is 22.8. The largest absolute Gasteiger partial charge is 0.364 e. The van der Waals surface area contributed by atoms with E-state index in [1.807, 2.05) is 6.92 Å². The van der Waals surface area contributed by atoms with Crippen LogP contribution >= 0.6 is 0 Å². The number of primary amides is 1. The number of nitrogens with two attached hydrogens (primary N) is 1. The number of nitrogens with one attached hydrogen (secondary N) is 1. The van der Waals surface area contributed by atoms with Gasteiger partial charge >= 0.3 is 0 Å². The van der Waals surface area contributed by atoms with Crippen LogP contribution in [0.4, 0.5) is 17.6 Å². The number of H-pyrrole nitrogens is 1. The Morgan fingerprint density at radius 2 is 1.74 bits per heavy atom. The highest BCUT2D eigenvalue weighted by molar-refractivity contribution is 6.03. The minimum atomic E-state index is -2.53. The van der Waals surface area contributed by atoms with Crippen molar-refractivity contribution in [2.45, 2.75) is 63.7 Å². The molecular formula is C22H27F4N3O2. The Kier molecular flexibility index (Phi) is 6.71. The molecule has 2 atom stereocenters. The maximum absolute atomic E-state index is 13.2. The number of hydrogen-bond acceptors (Lipinski definition) is 3. The third-order valence-electron chi connectivity index (χ3n) is 6.47. The number of carbonyl (C=O) groups is 1. The SMILES string of the molecule is C[C@H]1CC(F)(F)CCC1C1CCC(F)(F)CC1.NC(=O)c1nccc2[nH]ccc(=O)c12. The van der Waals surface area contributed by atoms with Crippen LogP contribution in [0.3, 0.4) is 0 Å². The number of alkyl halides is 4. The van der Waals surface area contributed by atoms with Gasteiger partial charge in [-0.3, -0.25) is 14.6 Å². The molecule has 2 aromatic heterocycles. The molecule has 3 N–H and O–H groups in total. The number of carbonyl (C=O) groups excluding carboxylic acids is 1. The Balaban J connectivity index is 0.000000179. The van der Waals surface area contributed by atoms with Gasteiger partial charge in [0.15, 0.2) is 5.43 Å². The molecule has 0 radical (unpaired) electrons. The normalized spacial score (nSPS) is 25.5. The first-order valence-electron chi connectivity index (χ1n) is 10.5. The van der Waals surface area contributed by atoms with Gasteiger partial charge in [0, 0.05) is 44.1 Å². The number of halogens is 4. The third kappa shape index (κ3) is 5.62. The van der Waals surface area contributed by atoms with Crippen molar-refractivity contribution in [2.24, 2.45) is 23.5 Å². The summed E-state index contributed by atoms with van der Waals surface area (Å²) in [6, 6.07) is 2.94. The summed E-state index contributed by atoms with van der Waals surface area (Å²) >= 11 is 0. The maximum atomic E-state index is 13.2. The monoisotopic (exact) mass is 441 g/mol. The number of fused-ring (bicyclic) bond motifs is 1. The fourth-order valence-corrected chi connectivity index (χ4v) is 4.89. The topological polar surface area (TPSA) is 88.8 Å². The molecule has 2 saturated carbocycles. The van der Waals surface area contributed by atoms with Crippen LogP contribution in [0, 0.1) is 17.8 Å². The first-order valence-corrected chi connectivity index (χ1v) is 10.5. The molecule has 1 unspecified atom stereocenters. The van der Waals surface area contributed by atoms with Gasteiger partial charge in [0.25, 0.3) is 5.91 Å². The summed E-state index contributed by atoms with van der Waals surface area (Å²) in [6.07, 6.45) is 4.22. The van der Waals surface area contributed by atoms with E-state index in [1.165, 1.54) is 18.5 Å². The maximum Gasteiger partial charge on any atom is 0.268 e. The van der Waals surface area contributed by atoms with Crippen LogP contribution in [-0.2, 0) is 0 Å². The highest BCUT2D eigenvalue weighted by Gasteiger charge is 2.44. The number of aromatic amines is 1. The molecule has 1 amide bonds. The molecule has 2 aromatic rings. The third-order valence-corrected chi connectivity index (χ3v) is 6.47. The fourth-order valence-electron chi connectivity index (χ4n) is 4.89. The number of hydrogen-bond donors (Lipinski definition) is 2. The van der Waals surface area contributed by atoms with Crippen molar-refractivity contribution >= 4 is 16.8 Å². The van der Waals surface area contributed by atoms with Gasteiger partial charge < -0.3 is 10.7 Å². The fraction of sp³-hybridized carbons (Fsp3) is 0.591. The van der Waals surface area contributed by atoms with Crippen LogP contribution in [0.2, 0.25) is 0 Å². The molecule has 2 aliphatic rings. The summed E-state index contributed by atoms with van der Waals surface area (Å²) < 4.78 is 52.5. The molecule has 170 valence electrons. The van der Waals surface area contributed by atoms with Crippen molar-refractivity contribution in [2.75, 3.05) is 0 Å². The van der Waals surface area contributed by atoms with E-state index in [9.17, 15) is 27.2 Å². The van der Waals surface area contributed by atoms with E-state index in [4.69, 9.17) is 5.73 Å². The number of rotatable bonds is 2. The minimum Gasteiger partial charge on any atom is -0.364 e. The standard InChI is InChI=1S/C13H20F4.C9H7N3O2/c1-9-8-13(16,17)7-4-11(9)10-2-5-12(14,15)6-3-10;10-9(14)8-7-5(1-3-12-8)11-4-2-6(7)13/h9-11H,2-8H2,1H3;1-4H,(H2,10,14)(H,11,13)/t9-,11?;/m0./s1. The second-order valence-corrected chi connectivity index (χ2v) is 8.72. The summed E-state index contributed by atoms with van der Waals surface area (Å²) in [6.45, 7) is 1.85. The molecule has 31 heavy (non-hydrogen) atoms. The second kappa shape index (κ2) is 8.96. The molecule has 2 aliphatic carbocycles. The summed E-state index contributed by atoms with van der Waals surface area (Å²) in [4.78, 5) is 29.0. The van der Waals surface area contributed by atoms with E-state index in [-0.39, 0.29) is 59.9 Å². The molecular weight excluding hydrogens is 414 g/mol. The molecule has 0 aliphatic heterocycles. The van der Waals surface area contributed by atoms with Crippen LogP contribution in [0.1, 0.15) is 62.4 Å². The number of nitrogens with zero attached hydrogens (tertiary/aromatic N) is 1. The van der Waals surface area contributed by atoms with Gasteiger partial charge in [0.05, 0.1) is 10.9 Å². The number of amides is 1. The summed E-state index contributed by atoms with van der Waals surface area (Å²) in [5, 5.41) is 0.238. The van der Waals surface area contributed by atoms with Gasteiger partial charge in [-0.25, -0.2) is 17.6 Å². The van der Waals surface area contributed by atoms with Crippen LogP contribution in [-0.4, -0.2) is 27.7 Å². The predicted molar refractivity (Wildman–Crippen MR) is 109 cm³/mol. The van der Waals surface area contributed by atoms with Gasteiger partial charge in [0.2, 0.25) is 11.8 Å². The lowest BCUT2D eigenvalue weighted by atomic mass is 9.67. The van der Waals surface area contributed by atoms with Gasteiger partial charge in [-0.2, -0.15) is 0 Å². The molecule has 9 heteroatoms. The van der Waals surface area contributed by atoms with Crippen molar-refractivity contribution in [3.8, 4) is 0 Å². The predicted octanol–water partition coefficient (Wildman–Crippen LogP) is 4.91. The lowest BCUT2D eigenvalue weighted by Gasteiger charge is -2.41. The summed E-state index contributed by atoms with van der Waals surface area (Å²) in [5.41, 5.74) is 5.39. The molecule has 2 fully saturated rings. The first kappa shape index (κ1) is 23.2. The molecule has 2 heterocycles. The Morgan fingerprint density at radius 1 is 1.10 bits per heavy atom. The smallest absolute Gasteiger partial charge is 0.268 e. The van der Waals surface area contributed by atoms with Crippen molar-refractivity contribution < 1.29 is 22.4 Å². The van der Waals surface area contributed by atoms with E-state index in [2.05, 4.69) is 9.97 Å². The van der Waals surface area contributed by atoms with Crippen molar-refractivity contribution in [3.05, 3.63) is 40.4 Å².